The van der Waals surface area contributed by atoms with Gasteiger partial charge in [-0.05, 0) is 36.9 Å². The topological polar surface area (TPSA) is 74.3 Å². The lowest BCUT2D eigenvalue weighted by Gasteiger charge is -2.34. The van der Waals surface area contributed by atoms with Gasteiger partial charge in [0.05, 0.1) is 18.8 Å². The van der Waals surface area contributed by atoms with Crippen LogP contribution in [0.3, 0.4) is 0 Å². The molecule has 0 amide bonds. The summed E-state index contributed by atoms with van der Waals surface area (Å²) in [6.07, 6.45) is 3.52. The lowest BCUT2D eigenvalue weighted by Crippen LogP contribution is -2.44. The summed E-state index contributed by atoms with van der Waals surface area (Å²) >= 11 is 0. The number of H-pyrrole nitrogens is 1. The first-order valence-corrected chi connectivity index (χ1v) is 10.0. The molecule has 1 aromatic carbocycles. The van der Waals surface area contributed by atoms with E-state index in [4.69, 9.17) is 4.74 Å². The van der Waals surface area contributed by atoms with E-state index in [9.17, 15) is 4.79 Å². The number of carbonyl (C=O) groups excluding carboxylic acids is 1. The highest BCUT2D eigenvalue weighted by Crippen LogP contribution is 2.30. The Morgan fingerprint density at radius 1 is 0.967 bits per heavy atom. The summed E-state index contributed by atoms with van der Waals surface area (Å²) < 4.78 is 4.80. The minimum absolute atomic E-state index is 0.285. The van der Waals surface area contributed by atoms with Gasteiger partial charge in [-0.2, -0.15) is 0 Å². The number of nitrogens with one attached hydrogen (secondary N) is 1. The maximum Gasteiger partial charge on any atom is 0.356 e. The average Bonchev–Trinajstić information content (AvgIpc) is 3.16. The number of pyridine rings is 2. The molecule has 1 N–H and O–H groups in total. The van der Waals surface area contributed by atoms with Crippen molar-refractivity contribution in [3.8, 4) is 11.1 Å². The fourth-order valence-electron chi connectivity index (χ4n) is 3.98. The highest BCUT2D eigenvalue weighted by molar-refractivity contribution is 6.08. The van der Waals surface area contributed by atoms with Crippen molar-refractivity contribution in [2.45, 2.75) is 0 Å². The zero-order valence-electron chi connectivity index (χ0n) is 17.1. The number of benzene rings is 1. The Labute approximate surface area is 174 Å². The molecule has 5 rings (SSSR count). The van der Waals surface area contributed by atoms with Gasteiger partial charge >= 0.3 is 5.97 Å². The molecular formula is C23H23N5O2. The molecule has 0 bridgehead atoms. The number of rotatable bonds is 3. The number of carbonyl (C=O) groups is 1. The number of likely N-dealkylation sites (N-methyl/N-ethyl adjacent to an activating group) is 1. The Kier molecular flexibility index (Phi) is 4.59. The van der Waals surface area contributed by atoms with Crippen molar-refractivity contribution in [2.24, 2.45) is 0 Å². The van der Waals surface area contributed by atoms with E-state index in [1.807, 2.05) is 6.20 Å². The molecule has 3 aromatic heterocycles. The number of methoxy groups -OCH3 is 1. The molecule has 4 aromatic rings. The maximum absolute atomic E-state index is 11.9. The second kappa shape index (κ2) is 7.42. The van der Waals surface area contributed by atoms with Gasteiger partial charge in [-0.3, -0.25) is 0 Å². The molecule has 0 radical (unpaired) electrons. The molecular weight excluding hydrogens is 378 g/mol. The molecule has 152 valence electrons. The average molecular weight is 401 g/mol. The van der Waals surface area contributed by atoms with Gasteiger partial charge in [0, 0.05) is 54.4 Å². The van der Waals surface area contributed by atoms with Crippen molar-refractivity contribution in [1.29, 1.82) is 0 Å². The highest BCUT2D eigenvalue weighted by atomic mass is 16.5. The number of hydrogen-bond acceptors (Lipinski definition) is 6. The lowest BCUT2D eigenvalue weighted by molar-refractivity contribution is 0.0594. The molecule has 0 aliphatic carbocycles. The van der Waals surface area contributed by atoms with Crippen LogP contribution in [0, 0.1) is 0 Å². The van der Waals surface area contributed by atoms with E-state index in [1.165, 1.54) is 12.8 Å². The molecule has 7 heteroatoms. The number of anilines is 1. The van der Waals surface area contributed by atoms with Crippen molar-refractivity contribution in [1.82, 2.24) is 19.9 Å². The van der Waals surface area contributed by atoms with Crippen molar-refractivity contribution in [3.63, 3.8) is 0 Å². The number of hydrogen-bond donors (Lipinski definition) is 1. The number of fused-ring (bicyclic) bond motifs is 3. The summed E-state index contributed by atoms with van der Waals surface area (Å²) in [4.78, 5) is 28.7. The van der Waals surface area contributed by atoms with Gasteiger partial charge in [0.2, 0.25) is 0 Å². The second-order valence-corrected chi connectivity index (χ2v) is 7.69. The molecule has 0 atom stereocenters. The Bertz CT molecular complexity index is 1220. The molecule has 0 spiro atoms. The normalized spacial score (nSPS) is 15.1. The van der Waals surface area contributed by atoms with Crippen LogP contribution in [0.2, 0.25) is 0 Å². The summed E-state index contributed by atoms with van der Waals surface area (Å²) in [5, 5.41) is 1.86. The van der Waals surface area contributed by atoms with E-state index in [0.717, 1.165) is 59.2 Å². The summed E-state index contributed by atoms with van der Waals surface area (Å²) in [6.45, 7) is 4.28. The standard InChI is InChI=1S/C23H23N5O2/c1-27-7-9-28(10-8-27)17-5-3-15(4-6-17)16-11-19-18-12-20(23(29)30-2)24-14-21(18)26-22(19)25-13-16/h3-6,11-14H,7-10H2,1-2H3,(H,25,26). The minimum Gasteiger partial charge on any atom is -0.464 e. The van der Waals surface area contributed by atoms with Gasteiger partial charge in [0.15, 0.2) is 0 Å². The van der Waals surface area contributed by atoms with E-state index in [2.05, 4.69) is 62.1 Å². The van der Waals surface area contributed by atoms with Crippen molar-refractivity contribution < 1.29 is 9.53 Å². The van der Waals surface area contributed by atoms with Crippen LogP contribution < -0.4 is 4.90 Å². The molecule has 7 nitrogen and oxygen atoms in total. The van der Waals surface area contributed by atoms with Crippen molar-refractivity contribution in [3.05, 3.63) is 54.5 Å². The van der Waals surface area contributed by atoms with Gasteiger partial charge in [0.25, 0.3) is 0 Å². The fraction of sp³-hybridized carbons (Fsp3) is 0.261. The van der Waals surface area contributed by atoms with E-state index in [-0.39, 0.29) is 5.69 Å². The van der Waals surface area contributed by atoms with Crippen LogP contribution in [0.4, 0.5) is 5.69 Å². The largest absolute Gasteiger partial charge is 0.464 e. The van der Waals surface area contributed by atoms with Crippen LogP contribution in [0.25, 0.3) is 33.1 Å². The number of piperazine rings is 1. The third-order valence-electron chi connectivity index (χ3n) is 5.80. The van der Waals surface area contributed by atoms with Crippen LogP contribution in [0.1, 0.15) is 10.5 Å². The number of nitrogens with zero attached hydrogens (tertiary/aromatic N) is 4. The van der Waals surface area contributed by atoms with E-state index in [0.29, 0.717) is 0 Å². The summed E-state index contributed by atoms with van der Waals surface area (Å²) in [6, 6.07) is 12.5. The van der Waals surface area contributed by atoms with Crippen LogP contribution in [0.5, 0.6) is 0 Å². The van der Waals surface area contributed by atoms with Crippen LogP contribution >= 0.6 is 0 Å². The predicted molar refractivity (Wildman–Crippen MR) is 118 cm³/mol. The molecule has 4 heterocycles. The summed E-state index contributed by atoms with van der Waals surface area (Å²) in [7, 11) is 3.52. The SMILES string of the molecule is COC(=O)c1cc2c(cn1)[nH]c1ncc(-c3ccc(N4CCN(C)CC4)cc3)cc12. The quantitative estimate of drug-likeness (QED) is 0.531. The van der Waals surface area contributed by atoms with Gasteiger partial charge < -0.3 is 19.5 Å². The van der Waals surface area contributed by atoms with Crippen molar-refractivity contribution >= 4 is 33.6 Å². The minimum atomic E-state index is -0.449. The zero-order valence-corrected chi connectivity index (χ0v) is 17.1. The van der Waals surface area contributed by atoms with E-state index < -0.39 is 5.97 Å². The Morgan fingerprint density at radius 2 is 1.73 bits per heavy atom. The van der Waals surface area contributed by atoms with Gasteiger partial charge in [0.1, 0.15) is 11.3 Å². The molecule has 1 saturated heterocycles. The number of aromatic nitrogens is 3. The number of esters is 1. The Hall–Kier alpha value is -3.45. The van der Waals surface area contributed by atoms with E-state index in [1.54, 1.807) is 12.3 Å². The fourth-order valence-corrected chi connectivity index (χ4v) is 3.98. The van der Waals surface area contributed by atoms with Crippen molar-refractivity contribution in [2.75, 3.05) is 45.2 Å². The Morgan fingerprint density at radius 3 is 2.47 bits per heavy atom. The predicted octanol–water partition coefficient (Wildman–Crippen LogP) is 3.32. The zero-order chi connectivity index (χ0) is 20.7. The molecule has 0 saturated carbocycles. The molecule has 0 unspecified atom stereocenters. The third-order valence-corrected chi connectivity index (χ3v) is 5.80. The van der Waals surface area contributed by atoms with Crippen LogP contribution in [0.15, 0.2) is 48.8 Å². The molecule has 30 heavy (non-hydrogen) atoms. The Balaban J connectivity index is 1.49. The van der Waals surface area contributed by atoms with Gasteiger partial charge in [-0.25, -0.2) is 14.8 Å². The first-order chi connectivity index (χ1) is 14.6. The number of ether oxygens (including phenoxy) is 1. The number of aromatic amines is 1. The summed E-state index contributed by atoms with van der Waals surface area (Å²) in [5.74, 6) is -0.449. The maximum atomic E-state index is 11.9. The second-order valence-electron chi connectivity index (χ2n) is 7.69. The highest BCUT2D eigenvalue weighted by Gasteiger charge is 2.15. The van der Waals surface area contributed by atoms with E-state index >= 15 is 0 Å². The first kappa shape index (κ1) is 18.6. The smallest absolute Gasteiger partial charge is 0.356 e. The molecule has 1 aliphatic heterocycles. The third kappa shape index (κ3) is 3.27. The molecule has 1 fully saturated rings. The molecule has 1 aliphatic rings. The van der Waals surface area contributed by atoms with Gasteiger partial charge in [-0.1, -0.05) is 12.1 Å². The van der Waals surface area contributed by atoms with Crippen LogP contribution in [-0.4, -0.2) is 66.2 Å². The first-order valence-electron chi connectivity index (χ1n) is 10.0. The summed E-state index contributed by atoms with van der Waals surface area (Å²) in [5.41, 5.74) is 5.29. The monoisotopic (exact) mass is 401 g/mol. The lowest BCUT2D eigenvalue weighted by atomic mass is 10.0. The van der Waals surface area contributed by atoms with Gasteiger partial charge in [-0.15, -0.1) is 0 Å². The van der Waals surface area contributed by atoms with Crippen LogP contribution in [-0.2, 0) is 4.74 Å².